The van der Waals surface area contributed by atoms with E-state index in [-0.39, 0.29) is 11.4 Å². The predicted octanol–water partition coefficient (Wildman–Crippen LogP) is 4.89. The minimum Gasteiger partial charge on any atom is -0.495 e. The Labute approximate surface area is 240 Å². The summed E-state index contributed by atoms with van der Waals surface area (Å²) in [4.78, 5) is 32.2. The number of anilines is 2. The number of nitrogens with one attached hydrogen (secondary N) is 2. The molecule has 1 aliphatic rings. The normalized spacial score (nSPS) is 13.2. The average Bonchev–Trinajstić information content (AvgIpc) is 3.39. The number of ether oxygens (including phenoxy) is 3. The summed E-state index contributed by atoms with van der Waals surface area (Å²) < 4.78 is 32.1. The summed E-state index contributed by atoms with van der Waals surface area (Å²) in [5.74, 6) is 5.49. The van der Waals surface area contributed by atoms with Gasteiger partial charge in [-0.25, -0.2) is 4.39 Å². The third kappa shape index (κ3) is 7.37. The van der Waals surface area contributed by atoms with Gasteiger partial charge in [0.1, 0.15) is 17.9 Å². The van der Waals surface area contributed by atoms with E-state index >= 15 is 0 Å². The fraction of sp³-hybridized carbons (Fsp3) is 0.233. The molecule has 4 aromatic rings. The Morgan fingerprint density at radius 1 is 1.05 bits per heavy atom. The maximum absolute atomic E-state index is 15.0. The van der Waals surface area contributed by atoms with E-state index in [1.807, 2.05) is 6.07 Å². The number of morpholine rings is 1. The lowest BCUT2D eigenvalue weighted by Crippen LogP contribution is -2.36. The number of carbonyl (C=O) groups excluding carboxylic acids is 2. The lowest BCUT2D eigenvalue weighted by molar-refractivity contribution is -0.123. The number of aromatic nitrogens is 1. The second-order valence-electron chi connectivity index (χ2n) is 9.05. The number of methoxy groups -OCH3 is 1. The Balaban J connectivity index is 1.20. The number of thiophene rings is 1. The summed E-state index contributed by atoms with van der Waals surface area (Å²) in [6.07, 6.45) is 1.14. The van der Waals surface area contributed by atoms with E-state index in [9.17, 15) is 14.0 Å². The van der Waals surface area contributed by atoms with Crippen LogP contribution in [0.15, 0.2) is 60.8 Å². The van der Waals surface area contributed by atoms with Gasteiger partial charge in [-0.1, -0.05) is 24.0 Å². The van der Waals surface area contributed by atoms with Crippen molar-refractivity contribution < 1.29 is 28.2 Å². The summed E-state index contributed by atoms with van der Waals surface area (Å²) in [5.41, 5.74) is 1.35. The molecule has 1 fully saturated rings. The molecule has 2 aromatic carbocycles. The third-order valence-electron chi connectivity index (χ3n) is 6.13. The molecular formula is C30H27FN4O5S. The van der Waals surface area contributed by atoms with Crippen LogP contribution in [0, 0.1) is 17.7 Å². The fourth-order valence-electron chi connectivity index (χ4n) is 4.13. The lowest BCUT2D eigenvalue weighted by atomic mass is 10.2. The molecule has 0 aliphatic carbocycles. The van der Waals surface area contributed by atoms with Crippen LogP contribution in [0.25, 0.3) is 10.2 Å². The molecular weight excluding hydrogens is 547 g/mol. The summed E-state index contributed by atoms with van der Waals surface area (Å²) in [6, 6.07) is 14.5. The van der Waals surface area contributed by atoms with Crippen LogP contribution in [0.2, 0.25) is 0 Å². The second kappa shape index (κ2) is 13.2. The average molecular weight is 575 g/mol. The molecule has 41 heavy (non-hydrogen) atoms. The number of amides is 2. The number of pyridine rings is 1. The van der Waals surface area contributed by atoms with Gasteiger partial charge < -0.3 is 24.8 Å². The summed E-state index contributed by atoms with van der Waals surface area (Å²) in [6.45, 7) is 3.85. The van der Waals surface area contributed by atoms with Crippen LogP contribution >= 0.6 is 11.3 Å². The molecule has 1 saturated heterocycles. The van der Waals surface area contributed by atoms with Gasteiger partial charge in [0.15, 0.2) is 11.6 Å². The SMILES string of the molecule is COc1ccccc1NC(=O)CC(=O)Nc1ccc(Oc2ccnc3cc(C#CCN4CCOCC4)sc23)c(F)c1. The van der Waals surface area contributed by atoms with Crippen LogP contribution in [-0.4, -0.2) is 61.7 Å². The number of rotatable bonds is 8. The fourth-order valence-corrected chi connectivity index (χ4v) is 5.07. The first-order valence-electron chi connectivity index (χ1n) is 12.9. The van der Waals surface area contributed by atoms with Gasteiger partial charge in [-0.05, 0) is 30.3 Å². The van der Waals surface area contributed by atoms with Crippen LogP contribution in [0.5, 0.6) is 17.2 Å². The van der Waals surface area contributed by atoms with Gasteiger partial charge in [0, 0.05) is 37.1 Å². The highest BCUT2D eigenvalue weighted by atomic mass is 32.1. The largest absolute Gasteiger partial charge is 0.495 e. The zero-order valence-corrected chi connectivity index (χ0v) is 23.1. The molecule has 2 amide bonds. The summed E-state index contributed by atoms with van der Waals surface area (Å²) >= 11 is 1.43. The smallest absolute Gasteiger partial charge is 0.233 e. The van der Waals surface area contributed by atoms with Crippen LogP contribution < -0.4 is 20.1 Å². The number of hydrogen-bond acceptors (Lipinski definition) is 8. The zero-order chi connectivity index (χ0) is 28.6. The van der Waals surface area contributed by atoms with E-state index in [1.54, 1.807) is 36.5 Å². The monoisotopic (exact) mass is 574 g/mol. The molecule has 3 heterocycles. The molecule has 0 saturated carbocycles. The Hall–Kier alpha value is -4.50. The van der Waals surface area contributed by atoms with Crippen LogP contribution in [-0.2, 0) is 14.3 Å². The molecule has 2 aromatic heterocycles. The van der Waals surface area contributed by atoms with Crippen molar-refractivity contribution in [3.8, 4) is 29.1 Å². The zero-order valence-electron chi connectivity index (χ0n) is 22.2. The molecule has 0 radical (unpaired) electrons. The van der Waals surface area contributed by atoms with E-state index in [0.717, 1.165) is 41.9 Å². The molecule has 5 rings (SSSR count). The maximum atomic E-state index is 15.0. The van der Waals surface area contributed by atoms with Gasteiger partial charge >= 0.3 is 0 Å². The standard InChI is InChI=1S/C30H27FN4O5S/c1-38-26-7-3-2-6-23(26)34-29(37)19-28(36)33-20-8-9-25(22(31)17-20)40-27-10-11-32-24-18-21(41-30(24)27)5-4-12-35-13-15-39-16-14-35/h2-3,6-11,17-18H,12-16,19H2,1H3,(H,33,36)(H,34,37). The number of fused-ring (bicyclic) bond motifs is 1. The molecule has 0 spiro atoms. The van der Waals surface area contributed by atoms with E-state index in [2.05, 4.69) is 32.4 Å². The molecule has 2 N–H and O–H groups in total. The number of para-hydroxylation sites is 2. The Kier molecular flexibility index (Phi) is 9.05. The van der Waals surface area contributed by atoms with E-state index in [0.29, 0.717) is 29.2 Å². The number of hydrogen-bond donors (Lipinski definition) is 2. The first kappa shape index (κ1) is 28.0. The van der Waals surface area contributed by atoms with Gasteiger partial charge in [-0.3, -0.25) is 19.5 Å². The highest BCUT2D eigenvalue weighted by Crippen LogP contribution is 2.36. The first-order chi connectivity index (χ1) is 20.0. The van der Waals surface area contributed by atoms with E-state index in [1.165, 1.54) is 30.6 Å². The molecule has 0 bridgehead atoms. The minimum atomic E-state index is -0.673. The summed E-state index contributed by atoms with van der Waals surface area (Å²) in [5, 5.41) is 5.17. The third-order valence-corrected chi connectivity index (χ3v) is 7.19. The molecule has 1 aliphatic heterocycles. The topological polar surface area (TPSA) is 102 Å². The van der Waals surface area contributed by atoms with Crippen LogP contribution in [0.3, 0.4) is 0 Å². The number of carbonyl (C=O) groups is 2. The molecule has 0 unspecified atom stereocenters. The van der Waals surface area contributed by atoms with Crippen molar-refractivity contribution >= 4 is 44.7 Å². The van der Waals surface area contributed by atoms with Crippen molar-refractivity contribution in [3.05, 3.63) is 71.5 Å². The van der Waals surface area contributed by atoms with Crippen molar-refractivity contribution in [2.45, 2.75) is 6.42 Å². The molecule has 9 nitrogen and oxygen atoms in total. The van der Waals surface area contributed by atoms with Crippen LogP contribution in [0.4, 0.5) is 15.8 Å². The van der Waals surface area contributed by atoms with E-state index < -0.39 is 24.1 Å². The molecule has 210 valence electrons. The van der Waals surface area contributed by atoms with Crippen molar-refractivity contribution in [2.75, 3.05) is 50.6 Å². The van der Waals surface area contributed by atoms with Gasteiger partial charge in [0.05, 0.1) is 47.6 Å². The second-order valence-corrected chi connectivity index (χ2v) is 10.1. The number of benzene rings is 2. The lowest BCUT2D eigenvalue weighted by Gasteiger charge is -2.24. The van der Waals surface area contributed by atoms with Crippen molar-refractivity contribution in [3.63, 3.8) is 0 Å². The van der Waals surface area contributed by atoms with Gasteiger partial charge in [-0.2, -0.15) is 0 Å². The highest BCUT2D eigenvalue weighted by Gasteiger charge is 2.15. The van der Waals surface area contributed by atoms with E-state index in [4.69, 9.17) is 14.2 Å². The number of nitrogens with zero attached hydrogens (tertiary/aromatic N) is 2. The van der Waals surface area contributed by atoms with Crippen LogP contribution in [0.1, 0.15) is 11.3 Å². The minimum absolute atomic E-state index is 0.0160. The Morgan fingerprint density at radius 2 is 1.85 bits per heavy atom. The van der Waals surface area contributed by atoms with Crippen molar-refractivity contribution in [2.24, 2.45) is 0 Å². The number of halogens is 1. The highest BCUT2D eigenvalue weighted by molar-refractivity contribution is 7.19. The maximum Gasteiger partial charge on any atom is 0.233 e. The Morgan fingerprint density at radius 3 is 2.66 bits per heavy atom. The molecule has 0 atom stereocenters. The molecule has 11 heteroatoms. The predicted molar refractivity (Wildman–Crippen MR) is 155 cm³/mol. The first-order valence-corrected chi connectivity index (χ1v) is 13.7. The van der Waals surface area contributed by atoms with Gasteiger partial charge in [0.25, 0.3) is 0 Å². The Bertz CT molecular complexity index is 1620. The van der Waals surface area contributed by atoms with Crippen molar-refractivity contribution in [1.29, 1.82) is 0 Å². The van der Waals surface area contributed by atoms with Gasteiger partial charge in [-0.15, -0.1) is 11.3 Å². The summed E-state index contributed by atoms with van der Waals surface area (Å²) in [7, 11) is 1.48. The van der Waals surface area contributed by atoms with Crippen molar-refractivity contribution in [1.82, 2.24) is 9.88 Å². The quantitative estimate of drug-likeness (QED) is 0.228. The van der Waals surface area contributed by atoms with Gasteiger partial charge in [0.2, 0.25) is 11.8 Å².